The molecule has 0 spiro atoms. The summed E-state index contributed by atoms with van der Waals surface area (Å²) in [6, 6.07) is 13.9. The monoisotopic (exact) mass is 463 g/mol. The van der Waals surface area contributed by atoms with Crippen LogP contribution in [0.4, 0.5) is 10.2 Å². The van der Waals surface area contributed by atoms with E-state index in [1.165, 1.54) is 35.1 Å². The van der Waals surface area contributed by atoms with Gasteiger partial charge < -0.3 is 10.6 Å². The molecule has 1 saturated carbocycles. The number of aromatic nitrogens is 2. The van der Waals surface area contributed by atoms with Gasteiger partial charge in [0.25, 0.3) is 5.56 Å². The van der Waals surface area contributed by atoms with Crippen LogP contribution in [0.3, 0.4) is 0 Å². The van der Waals surface area contributed by atoms with Crippen molar-refractivity contribution in [3.05, 3.63) is 74.8 Å². The van der Waals surface area contributed by atoms with Gasteiger partial charge in [0.2, 0.25) is 0 Å². The van der Waals surface area contributed by atoms with Crippen LogP contribution in [0.5, 0.6) is 0 Å². The molecule has 2 fully saturated rings. The molecule has 0 bridgehead atoms. The summed E-state index contributed by atoms with van der Waals surface area (Å²) in [7, 11) is 0. The minimum Gasteiger partial charge on any atom is -0.355 e. The van der Waals surface area contributed by atoms with Crippen LogP contribution in [0.15, 0.2) is 47.3 Å². The summed E-state index contributed by atoms with van der Waals surface area (Å²) in [4.78, 5) is 20.2. The van der Waals surface area contributed by atoms with Crippen molar-refractivity contribution in [2.75, 3.05) is 18.0 Å². The van der Waals surface area contributed by atoms with Crippen molar-refractivity contribution in [2.45, 2.75) is 37.6 Å². The summed E-state index contributed by atoms with van der Waals surface area (Å²) >= 11 is 6.56. The van der Waals surface area contributed by atoms with E-state index in [-0.39, 0.29) is 22.5 Å². The van der Waals surface area contributed by atoms with Gasteiger partial charge in [0.05, 0.1) is 11.3 Å². The lowest BCUT2D eigenvalue weighted by Gasteiger charge is -2.32. The Bertz CT molecular complexity index is 1300. The molecule has 2 aromatic carbocycles. The van der Waals surface area contributed by atoms with Gasteiger partial charge in [0.15, 0.2) is 5.82 Å². The first-order valence-electron chi connectivity index (χ1n) is 11.1. The lowest BCUT2D eigenvalue weighted by Crippen LogP contribution is -2.41. The van der Waals surface area contributed by atoms with Crippen LogP contribution >= 0.6 is 11.6 Å². The Morgan fingerprint density at radius 2 is 1.79 bits per heavy atom. The second-order valence-corrected chi connectivity index (χ2v) is 9.09. The molecule has 0 radical (unpaired) electrons. The lowest BCUT2D eigenvalue weighted by atomic mass is 10.1. The molecule has 2 heterocycles. The highest BCUT2D eigenvalue weighted by Gasteiger charge is 2.26. The Labute approximate surface area is 196 Å². The molecule has 2 N–H and O–H groups in total. The van der Waals surface area contributed by atoms with Crippen LogP contribution in [0.1, 0.15) is 42.7 Å². The predicted octanol–water partition coefficient (Wildman–Crippen LogP) is 4.37. The highest BCUT2D eigenvalue weighted by Crippen LogP contribution is 2.40. The van der Waals surface area contributed by atoms with Crippen molar-refractivity contribution in [1.29, 1.82) is 5.26 Å². The first-order valence-corrected chi connectivity index (χ1v) is 11.5. The molecule has 33 heavy (non-hydrogen) atoms. The molecular weight excluding hydrogens is 441 g/mol. The van der Waals surface area contributed by atoms with Crippen LogP contribution < -0.4 is 16.2 Å². The average molecular weight is 464 g/mol. The van der Waals surface area contributed by atoms with Gasteiger partial charge in [0, 0.05) is 24.7 Å². The molecule has 0 amide bonds. The Balaban J connectivity index is 1.68. The molecule has 168 valence electrons. The molecule has 3 aromatic rings. The largest absolute Gasteiger partial charge is 0.355 e. The third-order valence-corrected chi connectivity index (χ3v) is 6.73. The number of benzene rings is 2. The molecule has 8 heteroatoms. The van der Waals surface area contributed by atoms with E-state index in [1.54, 1.807) is 6.07 Å². The number of nitriles is 1. The SMILES string of the molecule is N#Cc1ccc(-c2nc(N3CCC(N)CC3)c(Cl)c(=O)n2-c2ccc(C3CC3)cc2)cc1F. The van der Waals surface area contributed by atoms with Gasteiger partial charge in [-0.15, -0.1) is 0 Å². The van der Waals surface area contributed by atoms with Crippen LogP contribution in [-0.4, -0.2) is 28.7 Å². The summed E-state index contributed by atoms with van der Waals surface area (Å²) in [5.74, 6) is 0.564. The fraction of sp³-hybridized carbons (Fsp3) is 0.320. The smallest absolute Gasteiger partial charge is 0.279 e. The molecule has 1 aliphatic heterocycles. The van der Waals surface area contributed by atoms with E-state index in [2.05, 4.69) is 0 Å². The van der Waals surface area contributed by atoms with E-state index in [1.807, 2.05) is 35.2 Å². The molecule has 0 unspecified atom stereocenters. The number of nitrogens with two attached hydrogens (primary N) is 1. The zero-order valence-corrected chi connectivity index (χ0v) is 18.7. The molecule has 0 atom stereocenters. The van der Waals surface area contributed by atoms with Crippen molar-refractivity contribution in [3.8, 4) is 23.1 Å². The highest BCUT2D eigenvalue weighted by atomic mass is 35.5. The topological polar surface area (TPSA) is 87.9 Å². The average Bonchev–Trinajstić information content (AvgIpc) is 3.67. The molecule has 5 rings (SSSR count). The van der Waals surface area contributed by atoms with Gasteiger partial charge in [-0.3, -0.25) is 9.36 Å². The number of hydrogen-bond donors (Lipinski definition) is 1. The zero-order valence-electron chi connectivity index (χ0n) is 18.0. The minimum absolute atomic E-state index is 0.0228. The summed E-state index contributed by atoms with van der Waals surface area (Å²) in [6.07, 6.45) is 3.89. The van der Waals surface area contributed by atoms with Crippen molar-refractivity contribution < 1.29 is 4.39 Å². The van der Waals surface area contributed by atoms with Gasteiger partial charge in [0.1, 0.15) is 22.7 Å². The Morgan fingerprint density at radius 3 is 2.39 bits per heavy atom. The van der Waals surface area contributed by atoms with E-state index in [0.717, 1.165) is 12.8 Å². The highest BCUT2D eigenvalue weighted by molar-refractivity contribution is 6.32. The molecule has 1 aliphatic carbocycles. The second-order valence-electron chi connectivity index (χ2n) is 8.71. The number of anilines is 1. The normalized spacial score (nSPS) is 16.6. The molecule has 2 aliphatic rings. The van der Waals surface area contributed by atoms with Crippen molar-refractivity contribution >= 4 is 17.4 Å². The molecule has 6 nitrogen and oxygen atoms in total. The maximum atomic E-state index is 14.5. The minimum atomic E-state index is -0.666. The number of piperidine rings is 1. The number of rotatable bonds is 4. The van der Waals surface area contributed by atoms with Gasteiger partial charge in [-0.05, 0) is 67.5 Å². The first kappa shape index (κ1) is 21.6. The Kier molecular flexibility index (Phi) is 5.65. The second kappa shape index (κ2) is 8.62. The van der Waals surface area contributed by atoms with Crippen molar-refractivity contribution in [3.63, 3.8) is 0 Å². The number of halogens is 2. The maximum absolute atomic E-state index is 14.5. The summed E-state index contributed by atoms with van der Waals surface area (Å²) < 4.78 is 15.9. The van der Waals surface area contributed by atoms with Crippen LogP contribution in [0.2, 0.25) is 5.02 Å². The van der Waals surface area contributed by atoms with Crippen LogP contribution in [-0.2, 0) is 0 Å². The van der Waals surface area contributed by atoms with Gasteiger partial charge in [-0.1, -0.05) is 23.7 Å². The molecule has 1 saturated heterocycles. The summed E-state index contributed by atoms with van der Waals surface area (Å²) in [5, 5.41) is 9.13. The molecular formula is C25H23ClFN5O. The third-order valence-electron chi connectivity index (χ3n) is 6.40. The van der Waals surface area contributed by atoms with Gasteiger partial charge >= 0.3 is 0 Å². The van der Waals surface area contributed by atoms with Gasteiger partial charge in [-0.2, -0.15) is 5.26 Å². The quantitative estimate of drug-likeness (QED) is 0.620. The van der Waals surface area contributed by atoms with Crippen LogP contribution in [0.25, 0.3) is 17.1 Å². The number of hydrogen-bond acceptors (Lipinski definition) is 5. The lowest BCUT2D eigenvalue weighted by molar-refractivity contribution is 0.498. The van der Waals surface area contributed by atoms with E-state index >= 15 is 0 Å². The predicted molar refractivity (Wildman–Crippen MR) is 126 cm³/mol. The molecule has 1 aromatic heterocycles. The summed E-state index contributed by atoms with van der Waals surface area (Å²) in [6.45, 7) is 1.27. The standard InChI is InChI=1S/C25H23ClFN5O/c26-22-24(31-11-9-19(29)10-12-31)30-23(17-3-4-18(14-28)21(27)13-17)32(25(22)33)20-7-5-16(6-8-20)15-1-2-15/h3-8,13,15,19H,1-2,9-12,29H2. The van der Waals surface area contributed by atoms with Crippen molar-refractivity contribution in [1.82, 2.24) is 9.55 Å². The fourth-order valence-corrected chi connectivity index (χ4v) is 4.55. The third kappa shape index (κ3) is 4.12. The van der Waals surface area contributed by atoms with E-state index < -0.39 is 11.4 Å². The van der Waals surface area contributed by atoms with Crippen LogP contribution in [0, 0.1) is 17.1 Å². The first-order chi connectivity index (χ1) is 16.0. The summed E-state index contributed by atoms with van der Waals surface area (Å²) in [5.41, 5.74) is 7.77. The maximum Gasteiger partial charge on any atom is 0.279 e. The van der Waals surface area contributed by atoms with E-state index in [4.69, 9.17) is 27.6 Å². The Morgan fingerprint density at radius 1 is 1.09 bits per heavy atom. The number of nitrogens with zero attached hydrogens (tertiary/aromatic N) is 4. The van der Waals surface area contributed by atoms with Gasteiger partial charge in [-0.25, -0.2) is 9.37 Å². The zero-order chi connectivity index (χ0) is 23.1. The van der Waals surface area contributed by atoms with E-state index in [0.29, 0.717) is 36.1 Å². The van der Waals surface area contributed by atoms with E-state index in [9.17, 15) is 9.18 Å². The van der Waals surface area contributed by atoms with Crippen molar-refractivity contribution in [2.24, 2.45) is 5.73 Å². The fourth-order valence-electron chi connectivity index (χ4n) is 4.30. The Hall–Kier alpha value is -3.21.